The van der Waals surface area contributed by atoms with Crippen molar-refractivity contribution in [2.45, 2.75) is 31.3 Å². The Morgan fingerprint density at radius 3 is 3.06 bits per heavy atom. The van der Waals surface area contributed by atoms with Crippen LogP contribution < -0.4 is 5.73 Å². The maximum atomic E-state index is 6.33. The molecular weight excluding hydrogens is 224 g/mol. The highest BCUT2D eigenvalue weighted by Gasteiger charge is 2.28. The molecule has 0 spiro atoms. The third-order valence-corrected chi connectivity index (χ3v) is 3.86. The van der Waals surface area contributed by atoms with Crippen molar-refractivity contribution in [1.82, 2.24) is 14.3 Å². The number of hydrogen-bond donors (Lipinski definition) is 1. The Labute approximate surface area is 107 Å². The van der Waals surface area contributed by atoms with Crippen LogP contribution in [-0.2, 0) is 0 Å². The zero-order chi connectivity index (χ0) is 12.5. The van der Waals surface area contributed by atoms with E-state index in [1.165, 1.54) is 12.8 Å². The Hall–Kier alpha value is -1.39. The van der Waals surface area contributed by atoms with Crippen LogP contribution in [0.25, 0.3) is 5.65 Å². The fourth-order valence-corrected chi connectivity index (χ4v) is 2.91. The molecule has 0 aliphatic carbocycles. The molecule has 0 saturated carbocycles. The van der Waals surface area contributed by atoms with Crippen LogP contribution >= 0.6 is 0 Å². The van der Waals surface area contributed by atoms with E-state index in [0.717, 1.165) is 24.3 Å². The molecule has 2 aromatic rings. The number of hydrogen-bond acceptors (Lipinski definition) is 3. The average Bonchev–Trinajstić information content (AvgIpc) is 2.70. The summed E-state index contributed by atoms with van der Waals surface area (Å²) in [6.45, 7) is 1.10. The summed E-state index contributed by atoms with van der Waals surface area (Å²) >= 11 is 0. The molecule has 3 rings (SSSR count). The van der Waals surface area contributed by atoms with Crippen LogP contribution in [0, 0.1) is 0 Å². The molecule has 2 N–H and O–H groups in total. The predicted octanol–water partition coefficient (Wildman–Crippen LogP) is 1.82. The molecule has 96 valence electrons. The lowest BCUT2D eigenvalue weighted by atomic mass is 10.0. The van der Waals surface area contributed by atoms with Crippen molar-refractivity contribution in [3.05, 3.63) is 36.3 Å². The number of rotatable bonds is 1. The van der Waals surface area contributed by atoms with Gasteiger partial charge in [0.05, 0.1) is 11.7 Å². The van der Waals surface area contributed by atoms with Crippen LogP contribution in [-0.4, -0.2) is 33.9 Å². The standard InChI is InChI=1S/C14H20N4/c1-17-8-4-2-6-11(15)14(17)12-10-18-9-5-3-7-13(18)16-12/h3,5,7,9-11,14H,2,4,6,8,15H2,1H3. The van der Waals surface area contributed by atoms with E-state index in [-0.39, 0.29) is 12.1 Å². The van der Waals surface area contributed by atoms with Crippen molar-refractivity contribution >= 4 is 5.65 Å². The number of likely N-dealkylation sites (tertiary alicyclic amines) is 1. The van der Waals surface area contributed by atoms with Crippen LogP contribution in [0.3, 0.4) is 0 Å². The maximum absolute atomic E-state index is 6.33. The molecule has 2 unspecified atom stereocenters. The Morgan fingerprint density at radius 1 is 1.33 bits per heavy atom. The normalized spacial score (nSPS) is 26.3. The highest BCUT2D eigenvalue weighted by Crippen LogP contribution is 2.27. The third kappa shape index (κ3) is 2.02. The van der Waals surface area contributed by atoms with E-state index in [4.69, 9.17) is 10.7 Å². The molecule has 3 heterocycles. The van der Waals surface area contributed by atoms with Gasteiger partial charge in [-0.25, -0.2) is 4.98 Å². The Morgan fingerprint density at radius 2 is 2.22 bits per heavy atom. The van der Waals surface area contributed by atoms with Gasteiger partial charge in [0, 0.05) is 18.4 Å². The first-order valence-electron chi connectivity index (χ1n) is 6.65. The van der Waals surface area contributed by atoms with E-state index in [1.54, 1.807) is 0 Å². The number of imidazole rings is 1. The fraction of sp³-hybridized carbons (Fsp3) is 0.500. The molecule has 0 radical (unpaired) electrons. The summed E-state index contributed by atoms with van der Waals surface area (Å²) in [6, 6.07) is 6.50. The SMILES string of the molecule is CN1CCCCC(N)C1c1cn2ccccc2n1. The largest absolute Gasteiger partial charge is 0.326 e. The van der Waals surface area contributed by atoms with Crippen molar-refractivity contribution in [3.8, 4) is 0 Å². The summed E-state index contributed by atoms with van der Waals surface area (Å²) in [7, 11) is 2.15. The zero-order valence-electron chi connectivity index (χ0n) is 10.8. The van der Waals surface area contributed by atoms with Crippen LogP contribution in [0.1, 0.15) is 31.0 Å². The number of fused-ring (bicyclic) bond motifs is 1. The average molecular weight is 244 g/mol. The predicted molar refractivity (Wildman–Crippen MR) is 72.4 cm³/mol. The van der Waals surface area contributed by atoms with Crippen molar-refractivity contribution < 1.29 is 0 Å². The minimum atomic E-state index is 0.183. The van der Waals surface area contributed by atoms with Gasteiger partial charge in [0.1, 0.15) is 5.65 Å². The van der Waals surface area contributed by atoms with Crippen LogP contribution in [0.15, 0.2) is 30.6 Å². The van der Waals surface area contributed by atoms with Crippen molar-refractivity contribution in [3.63, 3.8) is 0 Å². The molecular formula is C14H20N4. The molecule has 18 heavy (non-hydrogen) atoms. The van der Waals surface area contributed by atoms with Gasteiger partial charge in [-0.1, -0.05) is 12.5 Å². The molecule has 1 aliphatic rings. The third-order valence-electron chi connectivity index (χ3n) is 3.86. The van der Waals surface area contributed by atoms with E-state index in [9.17, 15) is 0 Å². The fourth-order valence-electron chi connectivity index (χ4n) is 2.91. The molecule has 1 fully saturated rings. The second-order valence-electron chi connectivity index (χ2n) is 5.22. The maximum Gasteiger partial charge on any atom is 0.137 e. The van der Waals surface area contributed by atoms with E-state index in [1.807, 2.05) is 24.4 Å². The molecule has 0 aromatic carbocycles. The van der Waals surface area contributed by atoms with Crippen molar-refractivity contribution in [2.75, 3.05) is 13.6 Å². The first-order valence-corrected chi connectivity index (χ1v) is 6.65. The van der Waals surface area contributed by atoms with Crippen LogP contribution in [0.2, 0.25) is 0 Å². The van der Waals surface area contributed by atoms with Crippen LogP contribution in [0.5, 0.6) is 0 Å². The second-order valence-corrected chi connectivity index (χ2v) is 5.22. The number of pyridine rings is 1. The highest BCUT2D eigenvalue weighted by atomic mass is 15.2. The summed E-state index contributed by atoms with van der Waals surface area (Å²) in [6.07, 6.45) is 7.68. The van der Waals surface area contributed by atoms with E-state index >= 15 is 0 Å². The lowest BCUT2D eigenvalue weighted by molar-refractivity contribution is 0.226. The Kier molecular flexibility index (Phi) is 3.06. The monoisotopic (exact) mass is 244 g/mol. The molecule has 0 bridgehead atoms. The minimum Gasteiger partial charge on any atom is -0.326 e. The van der Waals surface area contributed by atoms with Gasteiger partial charge in [0.15, 0.2) is 0 Å². The van der Waals surface area contributed by atoms with Gasteiger partial charge < -0.3 is 10.1 Å². The number of nitrogens with zero attached hydrogens (tertiary/aromatic N) is 3. The summed E-state index contributed by atoms with van der Waals surface area (Å²) < 4.78 is 2.07. The van der Waals surface area contributed by atoms with Crippen LogP contribution in [0.4, 0.5) is 0 Å². The molecule has 4 nitrogen and oxygen atoms in total. The first kappa shape index (κ1) is 11.7. The van der Waals surface area contributed by atoms with E-state index in [0.29, 0.717) is 0 Å². The summed E-state index contributed by atoms with van der Waals surface area (Å²) in [5.41, 5.74) is 8.43. The van der Waals surface area contributed by atoms with Gasteiger partial charge >= 0.3 is 0 Å². The smallest absolute Gasteiger partial charge is 0.137 e. The first-order chi connectivity index (χ1) is 8.75. The molecule has 4 heteroatoms. The summed E-state index contributed by atoms with van der Waals surface area (Å²) in [5, 5.41) is 0. The summed E-state index contributed by atoms with van der Waals surface area (Å²) in [4.78, 5) is 7.07. The van der Waals surface area contributed by atoms with Gasteiger partial charge in [-0.3, -0.25) is 4.90 Å². The summed E-state index contributed by atoms with van der Waals surface area (Å²) in [5.74, 6) is 0. The quantitative estimate of drug-likeness (QED) is 0.832. The molecule has 2 aromatic heterocycles. The Balaban J connectivity index is 2.00. The molecule has 2 atom stereocenters. The molecule has 1 aliphatic heterocycles. The minimum absolute atomic E-state index is 0.183. The van der Waals surface area contributed by atoms with Gasteiger partial charge in [-0.05, 0) is 38.6 Å². The Bertz CT molecular complexity index is 488. The van der Waals surface area contributed by atoms with Gasteiger partial charge in [0.2, 0.25) is 0 Å². The molecule has 1 saturated heterocycles. The number of likely N-dealkylation sites (N-methyl/N-ethyl adjacent to an activating group) is 1. The lowest BCUT2D eigenvalue weighted by Crippen LogP contribution is -2.37. The topological polar surface area (TPSA) is 46.6 Å². The van der Waals surface area contributed by atoms with Gasteiger partial charge in [0.25, 0.3) is 0 Å². The second kappa shape index (κ2) is 4.71. The van der Waals surface area contributed by atoms with Crippen molar-refractivity contribution in [2.24, 2.45) is 5.73 Å². The zero-order valence-corrected chi connectivity index (χ0v) is 10.8. The van der Waals surface area contributed by atoms with Gasteiger partial charge in [-0.2, -0.15) is 0 Å². The highest BCUT2D eigenvalue weighted by molar-refractivity contribution is 5.40. The molecule has 0 amide bonds. The van der Waals surface area contributed by atoms with Crippen molar-refractivity contribution in [1.29, 1.82) is 0 Å². The van der Waals surface area contributed by atoms with E-state index < -0.39 is 0 Å². The lowest BCUT2D eigenvalue weighted by Gasteiger charge is -2.28. The van der Waals surface area contributed by atoms with E-state index in [2.05, 4.69) is 22.5 Å². The number of nitrogens with two attached hydrogens (primary N) is 1. The van der Waals surface area contributed by atoms with Gasteiger partial charge in [-0.15, -0.1) is 0 Å². The number of aromatic nitrogens is 2.